The number of nitrogens with zero attached hydrogens (tertiary/aromatic N) is 4. The fourth-order valence-corrected chi connectivity index (χ4v) is 5.57. The number of benzene rings is 3. The Balaban J connectivity index is 1.16. The number of hydrogen-bond acceptors (Lipinski definition) is 7. The highest BCUT2D eigenvalue weighted by Crippen LogP contribution is 2.31. The second kappa shape index (κ2) is 12.0. The van der Waals surface area contributed by atoms with E-state index in [-0.39, 0.29) is 18.0 Å². The van der Waals surface area contributed by atoms with Gasteiger partial charge < -0.3 is 18.8 Å². The molecule has 42 heavy (non-hydrogen) atoms. The monoisotopic (exact) mass is 579 g/mol. The Morgan fingerprint density at radius 3 is 2.55 bits per heavy atom. The average Bonchev–Trinajstić information content (AvgIpc) is 3.58. The number of amides is 1. The van der Waals surface area contributed by atoms with Crippen molar-refractivity contribution in [1.29, 1.82) is 5.41 Å². The first-order valence-corrected chi connectivity index (χ1v) is 14.3. The summed E-state index contributed by atoms with van der Waals surface area (Å²) in [5.74, 6) is 1.88. The van der Waals surface area contributed by atoms with E-state index in [0.29, 0.717) is 16.8 Å². The molecule has 0 fully saturated rings. The zero-order valence-electron chi connectivity index (χ0n) is 23.2. The number of aromatic nitrogens is 1. The maximum atomic E-state index is 13.1. The van der Waals surface area contributed by atoms with Crippen LogP contribution in [0.25, 0.3) is 17.0 Å². The SMILES string of the molecule is COc1ccc(OCCCn2cc(C=C3C(=N)N4N=C(COc5ccccc5C)SC4=NC3=O)c3ccccc32)cc1. The van der Waals surface area contributed by atoms with Crippen LogP contribution in [0.15, 0.2) is 94.7 Å². The van der Waals surface area contributed by atoms with Crippen LogP contribution in [0.3, 0.4) is 0 Å². The zero-order chi connectivity index (χ0) is 29.1. The standard InChI is InChI=1S/C32H29N5O4S/c1-21-8-3-6-11-28(21)41-20-29-35-37-30(33)26(31(38)34-32(37)42-29)18-22-19-36(27-10-5-4-9-25(22)27)16-7-17-40-24-14-12-23(39-2)13-15-24/h3-6,8-15,18-19,33H,7,16-17,20H2,1-2H3. The molecule has 212 valence electrons. The van der Waals surface area contributed by atoms with Crippen LogP contribution >= 0.6 is 11.8 Å². The number of para-hydroxylation sites is 2. The smallest absolute Gasteiger partial charge is 0.283 e. The average molecular weight is 580 g/mol. The molecule has 3 heterocycles. The number of methoxy groups -OCH3 is 1. The van der Waals surface area contributed by atoms with Gasteiger partial charge in [0.15, 0.2) is 5.84 Å². The van der Waals surface area contributed by atoms with E-state index in [2.05, 4.69) is 14.7 Å². The lowest BCUT2D eigenvalue weighted by Gasteiger charge is -2.20. The maximum absolute atomic E-state index is 13.1. The summed E-state index contributed by atoms with van der Waals surface area (Å²) in [6.07, 6.45) is 4.53. The number of amidine groups is 2. The second-order valence-electron chi connectivity index (χ2n) is 9.74. The Morgan fingerprint density at radius 2 is 1.74 bits per heavy atom. The van der Waals surface area contributed by atoms with Crippen molar-refractivity contribution in [3.8, 4) is 17.2 Å². The predicted octanol–water partition coefficient (Wildman–Crippen LogP) is 6.13. The largest absolute Gasteiger partial charge is 0.497 e. The highest BCUT2D eigenvalue weighted by molar-refractivity contribution is 8.27. The van der Waals surface area contributed by atoms with E-state index in [1.165, 1.54) is 16.8 Å². The summed E-state index contributed by atoms with van der Waals surface area (Å²) in [5, 5.41) is 16.7. The quantitative estimate of drug-likeness (QED) is 0.179. The molecule has 0 spiro atoms. The first-order valence-electron chi connectivity index (χ1n) is 13.5. The molecule has 1 aromatic heterocycles. The third kappa shape index (κ3) is 5.66. The van der Waals surface area contributed by atoms with E-state index < -0.39 is 5.91 Å². The molecule has 0 aliphatic carbocycles. The summed E-state index contributed by atoms with van der Waals surface area (Å²) >= 11 is 1.24. The Kier molecular flexibility index (Phi) is 7.78. The summed E-state index contributed by atoms with van der Waals surface area (Å²) in [7, 11) is 1.64. The van der Waals surface area contributed by atoms with Crippen LogP contribution in [0.4, 0.5) is 0 Å². The third-order valence-corrected chi connectivity index (χ3v) is 7.81. The van der Waals surface area contributed by atoms with Gasteiger partial charge in [0, 0.05) is 29.2 Å². The van der Waals surface area contributed by atoms with Crippen LogP contribution in [0.5, 0.6) is 17.2 Å². The minimum atomic E-state index is -0.459. The number of rotatable bonds is 10. The van der Waals surface area contributed by atoms with Gasteiger partial charge in [0.05, 0.1) is 19.3 Å². The van der Waals surface area contributed by atoms with Crippen molar-refractivity contribution in [2.45, 2.75) is 19.9 Å². The van der Waals surface area contributed by atoms with Gasteiger partial charge >= 0.3 is 0 Å². The lowest BCUT2D eigenvalue weighted by molar-refractivity contribution is -0.114. The van der Waals surface area contributed by atoms with Crippen molar-refractivity contribution >= 4 is 50.7 Å². The van der Waals surface area contributed by atoms with E-state index in [4.69, 9.17) is 19.6 Å². The molecule has 3 aromatic carbocycles. The topological polar surface area (TPSA) is 102 Å². The number of thioether (sulfide) groups is 1. The molecular formula is C32H29N5O4S. The number of fused-ring (bicyclic) bond motifs is 2. The third-order valence-electron chi connectivity index (χ3n) is 6.93. The van der Waals surface area contributed by atoms with Gasteiger partial charge in [-0.25, -0.2) is 0 Å². The predicted molar refractivity (Wildman–Crippen MR) is 167 cm³/mol. The summed E-state index contributed by atoms with van der Waals surface area (Å²) < 4.78 is 19.2. The Morgan fingerprint density at radius 1 is 0.976 bits per heavy atom. The number of hydrogen-bond donors (Lipinski definition) is 1. The Labute approximate surface area is 247 Å². The molecule has 0 saturated heterocycles. The molecule has 6 rings (SSSR count). The van der Waals surface area contributed by atoms with Gasteiger partial charge in [-0.3, -0.25) is 10.2 Å². The molecule has 0 saturated carbocycles. The number of hydrazone groups is 1. The summed E-state index contributed by atoms with van der Waals surface area (Å²) in [6.45, 7) is 3.48. The summed E-state index contributed by atoms with van der Waals surface area (Å²) in [4.78, 5) is 17.3. The highest BCUT2D eigenvalue weighted by Gasteiger charge is 2.36. The highest BCUT2D eigenvalue weighted by atomic mass is 32.2. The van der Waals surface area contributed by atoms with Crippen LogP contribution in [-0.4, -0.2) is 51.9 Å². The molecule has 1 N–H and O–H groups in total. The van der Waals surface area contributed by atoms with Crippen molar-refractivity contribution in [3.05, 3.63) is 95.7 Å². The Hall–Kier alpha value is -4.83. The van der Waals surface area contributed by atoms with Crippen molar-refractivity contribution in [1.82, 2.24) is 9.58 Å². The van der Waals surface area contributed by atoms with E-state index >= 15 is 0 Å². The van der Waals surface area contributed by atoms with Crippen LogP contribution < -0.4 is 14.2 Å². The van der Waals surface area contributed by atoms with E-state index in [0.717, 1.165) is 52.2 Å². The first-order chi connectivity index (χ1) is 20.5. The van der Waals surface area contributed by atoms with Gasteiger partial charge in [0.25, 0.3) is 5.91 Å². The molecule has 0 bridgehead atoms. The number of aliphatic imine (C=N–C) groups is 1. The maximum Gasteiger partial charge on any atom is 0.283 e. The van der Waals surface area contributed by atoms with Crippen LogP contribution in [0, 0.1) is 12.3 Å². The number of aryl methyl sites for hydroxylation is 2. The molecule has 4 aromatic rings. The molecule has 2 aliphatic rings. The van der Waals surface area contributed by atoms with Crippen LogP contribution in [-0.2, 0) is 11.3 Å². The molecule has 2 aliphatic heterocycles. The lowest BCUT2D eigenvalue weighted by Crippen LogP contribution is -2.35. The molecule has 1 amide bonds. The van der Waals surface area contributed by atoms with E-state index in [9.17, 15) is 4.79 Å². The van der Waals surface area contributed by atoms with Crippen molar-refractivity contribution in [3.63, 3.8) is 0 Å². The summed E-state index contributed by atoms with van der Waals surface area (Å²) in [5.41, 5.74) is 3.09. The van der Waals surface area contributed by atoms with Gasteiger partial charge in [-0.15, -0.1) is 0 Å². The number of carbonyl (C=O) groups excluding carboxylic acids is 1. The number of ether oxygens (including phenoxy) is 3. The van der Waals surface area contributed by atoms with Gasteiger partial charge in [-0.1, -0.05) is 36.4 Å². The van der Waals surface area contributed by atoms with Crippen LogP contribution in [0.1, 0.15) is 17.5 Å². The number of nitrogens with one attached hydrogen (secondary N) is 1. The van der Waals surface area contributed by atoms with Crippen molar-refractivity contribution in [2.24, 2.45) is 10.1 Å². The molecule has 0 radical (unpaired) electrons. The van der Waals surface area contributed by atoms with E-state index in [1.807, 2.05) is 85.9 Å². The van der Waals surface area contributed by atoms with Crippen LogP contribution in [0.2, 0.25) is 0 Å². The van der Waals surface area contributed by atoms with Gasteiger partial charge in [-0.2, -0.15) is 15.1 Å². The first kappa shape index (κ1) is 27.3. The fourth-order valence-electron chi connectivity index (χ4n) is 4.78. The second-order valence-corrected chi connectivity index (χ2v) is 10.8. The lowest BCUT2D eigenvalue weighted by atomic mass is 10.1. The molecular weight excluding hydrogens is 550 g/mol. The van der Waals surface area contributed by atoms with E-state index in [1.54, 1.807) is 13.2 Å². The minimum absolute atomic E-state index is 0.00638. The van der Waals surface area contributed by atoms with Crippen molar-refractivity contribution < 1.29 is 19.0 Å². The molecule has 0 unspecified atom stereocenters. The van der Waals surface area contributed by atoms with Gasteiger partial charge in [0.1, 0.15) is 28.9 Å². The molecule has 10 heteroatoms. The molecule has 9 nitrogen and oxygen atoms in total. The minimum Gasteiger partial charge on any atom is -0.497 e. The zero-order valence-corrected chi connectivity index (χ0v) is 24.1. The number of carbonyl (C=O) groups is 1. The Bertz CT molecular complexity index is 1760. The van der Waals surface area contributed by atoms with Gasteiger partial charge in [-0.05, 0) is 73.1 Å². The normalized spacial score (nSPS) is 15.6. The van der Waals surface area contributed by atoms with Gasteiger partial charge in [0.2, 0.25) is 5.17 Å². The summed E-state index contributed by atoms with van der Waals surface area (Å²) in [6, 6.07) is 23.3. The molecule has 0 atom stereocenters. The fraction of sp³-hybridized carbons (Fsp3) is 0.188. The van der Waals surface area contributed by atoms with Crippen molar-refractivity contribution in [2.75, 3.05) is 20.3 Å².